The van der Waals surface area contributed by atoms with Crippen molar-refractivity contribution in [1.82, 2.24) is 0 Å². The zero-order valence-electron chi connectivity index (χ0n) is 58.3. The number of fused-ring (bicyclic) bond motifs is 8. The lowest BCUT2D eigenvalue weighted by atomic mass is 9.72. The molecule has 0 aliphatic carbocycles. The molecule has 4 aliphatic rings. The first-order chi connectivity index (χ1) is 46.8. The van der Waals surface area contributed by atoms with Crippen molar-refractivity contribution in [3.05, 3.63) is 332 Å². The molecular weight excluding hydrogens is 1220 g/mol. The molecule has 4 aliphatic heterocycles. The Morgan fingerprint density at radius 3 is 1.13 bits per heavy atom. The molecule has 10 aromatic carbocycles. The van der Waals surface area contributed by atoms with Crippen LogP contribution in [0.15, 0.2) is 266 Å². The maximum absolute atomic E-state index is 6.87. The fraction of sp³-hybridized carbons (Fsp3) is 0.275. The van der Waals surface area contributed by atoms with Crippen LogP contribution in [0.2, 0.25) is 10.0 Å². The largest absolute Gasteiger partial charge is 0.344 e. The second-order valence-electron chi connectivity index (χ2n) is 29.9. The second-order valence-corrected chi connectivity index (χ2v) is 30.8. The Labute approximate surface area is 587 Å². The Morgan fingerprint density at radius 1 is 0.392 bits per heavy atom. The molecule has 0 N–H and O–H groups in total. The average Bonchev–Trinajstić information content (AvgIpc) is 1.53. The minimum absolute atomic E-state index is 0.293. The number of benzene rings is 10. The van der Waals surface area contributed by atoms with Crippen LogP contribution in [0.5, 0.6) is 0 Å². The van der Waals surface area contributed by atoms with Gasteiger partial charge in [-0.1, -0.05) is 221 Å². The van der Waals surface area contributed by atoms with Crippen LogP contribution in [0.4, 0.5) is 22.7 Å². The third-order valence-corrected chi connectivity index (χ3v) is 22.6. The van der Waals surface area contributed by atoms with Gasteiger partial charge >= 0.3 is 0 Å². The zero-order chi connectivity index (χ0) is 67.4. The van der Waals surface area contributed by atoms with E-state index in [2.05, 4.69) is 343 Å². The van der Waals surface area contributed by atoms with Gasteiger partial charge in [0.05, 0.1) is 10.8 Å². The predicted molar refractivity (Wildman–Crippen MR) is 413 cm³/mol. The molecular formula is C91H92Cl2N4+2. The molecule has 4 nitrogen and oxygen atoms in total. The highest BCUT2D eigenvalue weighted by Gasteiger charge is 2.51. The summed E-state index contributed by atoms with van der Waals surface area (Å²) in [6.45, 7) is 21.0. The van der Waals surface area contributed by atoms with Crippen molar-refractivity contribution in [2.24, 2.45) is 11.8 Å². The first kappa shape index (κ1) is 65.5. The lowest BCUT2D eigenvalue weighted by molar-refractivity contribution is -0.401. The Kier molecular flexibility index (Phi) is 17.9. The predicted octanol–water partition coefficient (Wildman–Crippen LogP) is 22.4. The summed E-state index contributed by atoms with van der Waals surface area (Å²) in [5.74, 6) is 1.13. The molecule has 14 rings (SSSR count). The molecule has 0 fully saturated rings. The average molecular weight is 1310 g/mol. The lowest BCUT2D eigenvalue weighted by Gasteiger charge is -2.31. The molecule has 4 atom stereocenters. The quantitative estimate of drug-likeness (QED) is 0.0705. The highest BCUT2D eigenvalue weighted by molar-refractivity contribution is 6.31. The summed E-state index contributed by atoms with van der Waals surface area (Å²) in [5.41, 5.74) is 22.3. The van der Waals surface area contributed by atoms with Crippen LogP contribution in [0.25, 0.3) is 21.5 Å². The third kappa shape index (κ3) is 12.3. The summed E-state index contributed by atoms with van der Waals surface area (Å²) >= 11 is 13.7. The third-order valence-electron chi connectivity index (χ3n) is 22.1. The molecule has 0 aromatic heterocycles. The highest BCUT2D eigenvalue weighted by Crippen LogP contribution is 2.54. The van der Waals surface area contributed by atoms with E-state index in [9.17, 15) is 0 Å². The van der Waals surface area contributed by atoms with Crippen molar-refractivity contribution < 1.29 is 9.15 Å². The molecule has 6 heteroatoms. The minimum atomic E-state index is -0.327. The van der Waals surface area contributed by atoms with Crippen molar-refractivity contribution in [3.63, 3.8) is 0 Å². The first-order valence-electron chi connectivity index (χ1n) is 35.3. The molecule has 0 saturated carbocycles. The van der Waals surface area contributed by atoms with Crippen LogP contribution in [0.1, 0.15) is 124 Å². The summed E-state index contributed by atoms with van der Waals surface area (Å²) in [6.07, 6.45) is 20.8. The summed E-state index contributed by atoms with van der Waals surface area (Å²) in [5, 5.41) is 6.72. The van der Waals surface area contributed by atoms with Crippen molar-refractivity contribution >= 4 is 78.9 Å². The van der Waals surface area contributed by atoms with Gasteiger partial charge in [0.2, 0.25) is 11.4 Å². The Morgan fingerprint density at radius 2 is 0.742 bits per heavy atom. The number of halogens is 2. The van der Waals surface area contributed by atoms with Crippen molar-refractivity contribution in [2.75, 3.05) is 37.0 Å². The molecule has 10 aromatic rings. The van der Waals surface area contributed by atoms with Gasteiger partial charge in [0.25, 0.3) is 0 Å². The molecule has 97 heavy (non-hydrogen) atoms. The van der Waals surface area contributed by atoms with Gasteiger partial charge in [-0.3, -0.25) is 0 Å². The fourth-order valence-corrected chi connectivity index (χ4v) is 17.5. The molecule has 4 heterocycles. The SMILES string of the molecule is CC(C)CCN1C(=CC=CC2=[N+](C)c3ccc4ccccc4c3C2(C)Cc2ccc(Cc3ccc(CC4(C)C(C=CC=C5N(CCC(C)C)c6ccc(Cl)cc6C5(C)Cc5ccccc5)=[N+](C)c5ccc6ccccc6c54)cc3)cc2)C(C)(Cc2ccccc2)c2cc(Cl)ccc21. The Bertz CT molecular complexity index is 4530. The molecule has 0 spiro atoms. The highest BCUT2D eigenvalue weighted by atomic mass is 35.5. The van der Waals surface area contributed by atoms with Gasteiger partial charge in [-0.15, -0.1) is 0 Å². The van der Waals surface area contributed by atoms with E-state index in [1.54, 1.807) is 0 Å². The molecule has 0 radical (unpaired) electrons. The summed E-state index contributed by atoms with van der Waals surface area (Å²) in [7, 11) is 4.53. The number of nitrogens with zero attached hydrogens (tertiary/aromatic N) is 4. The van der Waals surface area contributed by atoms with Gasteiger partial charge in [-0.05, 0) is 211 Å². The fourth-order valence-electron chi connectivity index (χ4n) is 17.2. The van der Waals surface area contributed by atoms with Crippen molar-refractivity contribution in [3.8, 4) is 0 Å². The standard InChI is InChI=1S/C91H92Cl2N4/c1-62(2)51-53-96-78-49-45-72(92)56-76(78)88(5,58-66-23-13-11-14-24-66)84(96)33-21-31-82-90(7,86-74-29-19-17-27-70(74)43-47-80(86)94(82)9)60-68-39-35-64(36-40-68)55-65-37-41-69(42-38-65)61-91(8)83(95(10)81-48-44-71-28-18-20-30-75(71)87(81)91)32-22-34-85-89(6,59-67-25-15-12-16-26-67)77-57-73(93)46-50-79(77)97(85)54-52-63(3)4/h11-50,56-57,62-63H,51-55,58-61H2,1-10H3/q+2. The molecule has 0 bridgehead atoms. The van der Waals surface area contributed by atoms with Crippen LogP contribution in [0, 0.1) is 11.8 Å². The summed E-state index contributed by atoms with van der Waals surface area (Å²) in [6, 6.07) is 81.1. The monoisotopic (exact) mass is 1310 g/mol. The van der Waals surface area contributed by atoms with E-state index in [1.807, 2.05) is 0 Å². The first-order valence-corrected chi connectivity index (χ1v) is 36.0. The van der Waals surface area contributed by atoms with E-state index in [1.165, 1.54) is 123 Å². The maximum Gasteiger partial charge on any atom is 0.210 e. The summed E-state index contributed by atoms with van der Waals surface area (Å²) in [4.78, 5) is 5.17. The lowest BCUT2D eigenvalue weighted by Crippen LogP contribution is -2.33. The Hall–Kier alpha value is -8.80. The molecule has 0 amide bonds. The smallest absolute Gasteiger partial charge is 0.210 e. The van der Waals surface area contributed by atoms with Crippen LogP contribution < -0.4 is 9.80 Å². The maximum atomic E-state index is 6.87. The molecule has 4 unspecified atom stereocenters. The molecule has 488 valence electrons. The summed E-state index contributed by atoms with van der Waals surface area (Å²) < 4.78 is 4.91. The van der Waals surface area contributed by atoms with E-state index < -0.39 is 0 Å². The van der Waals surface area contributed by atoms with E-state index in [-0.39, 0.29) is 21.7 Å². The van der Waals surface area contributed by atoms with Crippen LogP contribution in [0.3, 0.4) is 0 Å². The number of anilines is 2. The minimum Gasteiger partial charge on any atom is -0.344 e. The van der Waals surface area contributed by atoms with Gasteiger partial charge in [0.15, 0.2) is 11.4 Å². The number of allylic oxidation sites excluding steroid dienone is 8. The van der Waals surface area contributed by atoms with E-state index >= 15 is 0 Å². The van der Waals surface area contributed by atoms with Crippen LogP contribution >= 0.6 is 23.2 Å². The van der Waals surface area contributed by atoms with Crippen LogP contribution in [-0.2, 0) is 53.8 Å². The van der Waals surface area contributed by atoms with Gasteiger partial charge in [0, 0.05) is 92.1 Å². The number of rotatable bonds is 20. The number of hydrogen-bond donors (Lipinski definition) is 0. The topological polar surface area (TPSA) is 12.5 Å². The molecule has 0 saturated heterocycles. The van der Waals surface area contributed by atoms with Gasteiger partial charge < -0.3 is 9.80 Å². The normalized spacial score (nSPS) is 21.3. The van der Waals surface area contributed by atoms with Crippen molar-refractivity contribution in [2.45, 2.75) is 122 Å². The Balaban J connectivity index is 0.746. The second kappa shape index (κ2) is 26.6. The van der Waals surface area contributed by atoms with E-state index in [4.69, 9.17) is 23.2 Å². The number of hydrogen-bond acceptors (Lipinski definition) is 2. The van der Waals surface area contributed by atoms with Crippen molar-refractivity contribution in [1.29, 1.82) is 0 Å². The van der Waals surface area contributed by atoms with E-state index in [0.717, 1.165) is 68.1 Å². The van der Waals surface area contributed by atoms with Gasteiger partial charge in [0.1, 0.15) is 14.1 Å². The van der Waals surface area contributed by atoms with Crippen LogP contribution in [-0.4, -0.2) is 47.8 Å². The van der Waals surface area contributed by atoms with Gasteiger partial charge in [-0.25, -0.2) is 0 Å². The zero-order valence-corrected chi connectivity index (χ0v) is 59.8. The van der Waals surface area contributed by atoms with Gasteiger partial charge in [-0.2, -0.15) is 9.15 Å². The van der Waals surface area contributed by atoms with E-state index in [0.29, 0.717) is 11.8 Å².